The highest BCUT2D eigenvalue weighted by molar-refractivity contribution is 5.82. The summed E-state index contributed by atoms with van der Waals surface area (Å²) >= 11 is 0. The quantitative estimate of drug-likeness (QED) is 0.755. The molecule has 1 saturated carbocycles. The van der Waals surface area contributed by atoms with E-state index in [9.17, 15) is 4.79 Å². The van der Waals surface area contributed by atoms with Crippen LogP contribution in [-0.2, 0) is 11.3 Å². The van der Waals surface area contributed by atoms with Crippen molar-refractivity contribution in [3.05, 3.63) is 35.9 Å². The lowest BCUT2D eigenvalue weighted by molar-refractivity contribution is 0.151. The number of rotatable bonds is 7. The number of hydrogen-bond acceptors (Lipinski definition) is 4. The number of hydrogen-bond donors (Lipinski definition) is 1. The van der Waals surface area contributed by atoms with Crippen LogP contribution in [0.1, 0.15) is 51.5 Å². The molecule has 0 aliphatic heterocycles. The van der Waals surface area contributed by atoms with Gasteiger partial charge in [-0.25, -0.2) is 9.78 Å². The number of carbonyl (C=O) groups excluding carboxylic acids is 1. The standard InChI is InChI=1S/C22H31N3O2/c1-3-25(16-17-10-6-5-7-11-17)21-19(15-23-22(26)27-4-2)14-18-12-8-9-13-20(18)24-21/h8-9,12-14,17H,3-7,10-11,15-16H2,1-2H3,(H,23,26). The third kappa shape index (κ3) is 5.12. The number of pyridine rings is 1. The molecule has 1 aromatic carbocycles. The number of anilines is 1. The molecule has 1 fully saturated rings. The second kappa shape index (κ2) is 9.58. The minimum absolute atomic E-state index is 0.372. The third-order valence-electron chi connectivity index (χ3n) is 5.36. The van der Waals surface area contributed by atoms with E-state index in [-0.39, 0.29) is 6.09 Å². The predicted molar refractivity (Wildman–Crippen MR) is 110 cm³/mol. The zero-order valence-corrected chi connectivity index (χ0v) is 16.5. The van der Waals surface area contributed by atoms with Crippen LogP contribution >= 0.6 is 0 Å². The van der Waals surface area contributed by atoms with Gasteiger partial charge in [0.05, 0.1) is 12.1 Å². The lowest BCUT2D eigenvalue weighted by Crippen LogP contribution is -2.33. The van der Waals surface area contributed by atoms with Crippen LogP contribution in [0.5, 0.6) is 0 Å². The molecule has 1 amide bonds. The van der Waals surface area contributed by atoms with Crippen molar-refractivity contribution >= 4 is 22.8 Å². The smallest absolute Gasteiger partial charge is 0.407 e. The van der Waals surface area contributed by atoms with Crippen molar-refractivity contribution in [3.8, 4) is 0 Å². The fourth-order valence-electron chi connectivity index (χ4n) is 3.95. The largest absolute Gasteiger partial charge is 0.450 e. The Morgan fingerprint density at radius 3 is 2.74 bits per heavy atom. The average molecular weight is 370 g/mol. The van der Waals surface area contributed by atoms with Gasteiger partial charge in [-0.05, 0) is 44.7 Å². The normalized spacial score (nSPS) is 14.9. The van der Waals surface area contributed by atoms with Gasteiger partial charge in [-0.3, -0.25) is 0 Å². The number of alkyl carbamates (subject to hydrolysis) is 1. The minimum Gasteiger partial charge on any atom is -0.450 e. The van der Waals surface area contributed by atoms with Crippen molar-refractivity contribution in [1.29, 1.82) is 0 Å². The Labute approximate surface area is 162 Å². The molecule has 27 heavy (non-hydrogen) atoms. The lowest BCUT2D eigenvalue weighted by atomic mass is 9.89. The van der Waals surface area contributed by atoms with Gasteiger partial charge < -0.3 is 15.0 Å². The number of ether oxygens (including phenoxy) is 1. The molecule has 0 unspecified atom stereocenters. The van der Waals surface area contributed by atoms with Gasteiger partial charge in [0.15, 0.2) is 0 Å². The summed E-state index contributed by atoms with van der Waals surface area (Å²) in [4.78, 5) is 19.1. The Hall–Kier alpha value is -2.30. The molecule has 0 radical (unpaired) electrons. The van der Waals surface area contributed by atoms with E-state index >= 15 is 0 Å². The van der Waals surface area contributed by atoms with Crippen LogP contribution in [0.3, 0.4) is 0 Å². The molecule has 0 spiro atoms. The molecule has 1 N–H and O–H groups in total. The van der Waals surface area contributed by atoms with Crippen LogP contribution in [0.2, 0.25) is 0 Å². The van der Waals surface area contributed by atoms with Crippen molar-refractivity contribution < 1.29 is 9.53 Å². The zero-order valence-electron chi connectivity index (χ0n) is 16.5. The maximum Gasteiger partial charge on any atom is 0.407 e. The van der Waals surface area contributed by atoms with E-state index in [1.807, 2.05) is 19.1 Å². The fourth-order valence-corrected chi connectivity index (χ4v) is 3.95. The van der Waals surface area contributed by atoms with Crippen molar-refractivity contribution in [2.45, 2.75) is 52.5 Å². The van der Waals surface area contributed by atoms with Crippen molar-refractivity contribution in [1.82, 2.24) is 10.3 Å². The molecule has 2 aromatic rings. The highest BCUT2D eigenvalue weighted by Crippen LogP contribution is 2.29. The molecule has 0 bridgehead atoms. The minimum atomic E-state index is -0.382. The first kappa shape index (κ1) is 19.5. The number of carbonyl (C=O) groups is 1. The number of fused-ring (bicyclic) bond motifs is 1. The predicted octanol–water partition coefficient (Wildman–Crippen LogP) is 4.89. The number of nitrogens with zero attached hydrogens (tertiary/aromatic N) is 2. The Kier molecular flexibility index (Phi) is 6.91. The molecule has 5 nitrogen and oxygen atoms in total. The number of benzene rings is 1. The van der Waals surface area contributed by atoms with E-state index in [4.69, 9.17) is 9.72 Å². The Morgan fingerprint density at radius 1 is 1.22 bits per heavy atom. The molecular formula is C22H31N3O2. The fraction of sp³-hybridized carbons (Fsp3) is 0.545. The first-order valence-electron chi connectivity index (χ1n) is 10.3. The summed E-state index contributed by atoms with van der Waals surface area (Å²) in [6.45, 7) is 6.74. The zero-order chi connectivity index (χ0) is 19.1. The summed E-state index contributed by atoms with van der Waals surface area (Å²) in [5.74, 6) is 1.72. The van der Waals surface area contributed by atoms with Crippen LogP contribution in [0.15, 0.2) is 30.3 Å². The molecule has 1 aliphatic carbocycles. The molecule has 3 rings (SSSR count). The highest BCUT2D eigenvalue weighted by Gasteiger charge is 2.20. The van der Waals surface area contributed by atoms with E-state index in [0.717, 1.165) is 41.3 Å². The Bertz CT molecular complexity index is 756. The van der Waals surface area contributed by atoms with Gasteiger partial charge >= 0.3 is 6.09 Å². The van der Waals surface area contributed by atoms with Crippen molar-refractivity contribution in [2.75, 3.05) is 24.6 Å². The van der Waals surface area contributed by atoms with Gasteiger partial charge in [0.2, 0.25) is 0 Å². The summed E-state index contributed by atoms with van der Waals surface area (Å²) in [5, 5.41) is 3.95. The van der Waals surface area contributed by atoms with Gasteiger partial charge in [-0.1, -0.05) is 37.5 Å². The first-order chi connectivity index (χ1) is 13.2. The second-order valence-corrected chi connectivity index (χ2v) is 7.28. The Balaban J connectivity index is 1.87. The van der Waals surface area contributed by atoms with E-state index in [0.29, 0.717) is 13.2 Å². The maximum atomic E-state index is 11.8. The SMILES string of the molecule is CCOC(=O)NCc1cc2ccccc2nc1N(CC)CC1CCCCC1. The van der Waals surface area contributed by atoms with Gasteiger partial charge in [0, 0.05) is 30.6 Å². The van der Waals surface area contributed by atoms with Gasteiger partial charge in [-0.15, -0.1) is 0 Å². The Morgan fingerprint density at radius 2 is 2.00 bits per heavy atom. The molecule has 1 heterocycles. The number of para-hydroxylation sites is 1. The molecule has 146 valence electrons. The molecule has 0 atom stereocenters. The van der Waals surface area contributed by atoms with Crippen LogP contribution in [0.25, 0.3) is 10.9 Å². The third-order valence-corrected chi connectivity index (χ3v) is 5.36. The van der Waals surface area contributed by atoms with Crippen LogP contribution in [0.4, 0.5) is 10.6 Å². The number of amides is 1. The molecular weight excluding hydrogens is 338 g/mol. The average Bonchev–Trinajstić information content (AvgIpc) is 2.71. The summed E-state index contributed by atoms with van der Waals surface area (Å²) in [6.07, 6.45) is 6.27. The van der Waals surface area contributed by atoms with Gasteiger partial charge in [-0.2, -0.15) is 0 Å². The van der Waals surface area contributed by atoms with Gasteiger partial charge in [0.25, 0.3) is 0 Å². The molecule has 1 aromatic heterocycles. The lowest BCUT2D eigenvalue weighted by Gasteiger charge is -2.31. The summed E-state index contributed by atoms with van der Waals surface area (Å²) < 4.78 is 5.02. The first-order valence-corrected chi connectivity index (χ1v) is 10.3. The van der Waals surface area contributed by atoms with E-state index in [1.54, 1.807) is 0 Å². The summed E-state index contributed by atoms with van der Waals surface area (Å²) in [6, 6.07) is 10.3. The van der Waals surface area contributed by atoms with Gasteiger partial charge in [0.1, 0.15) is 5.82 Å². The molecule has 0 saturated heterocycles. The topological polar surface area (TPSA) is 54.5 Å². The summed E-state index contributed by atoms with van der Waals surface area (Å²) in [7, 11) is 0. The van der Waals surface area contributed by atoms with Crippen molar-refractivity contribution in [2.24, 2.45) is 5.92 Å². The van der Waals surface area contributed by atoms with E-state index in [2.05, 4.69) is 35.3 Å². The van der Waals surface area contributed by atoms with Crippen LogP contribution in [-0.4, -0.2) is 30.8 Å². The number of nitrogens with one attached hydrogen (secondary N) is 1. The van der Waals surface area contributed by atoms with E-state index < -0.39 is 0 Å². The highest BCUT2D eigenvalue weighted by atomic mass is 16.5. The van der Waals surface area contributed by atoms with Crippen LogP contribution in [0, 0.1) is 5.92 Å². The second-order valence-electron chi connectivity index (χ2n) is 7.28. The number of aromatic nitrogens is 1. The van der Waals surface area contributed by atoms with Crippen LogP contribution < -0.4 is 10.2 Å². The van der Waals surface area contributed by atoms with E-state index in [1.165, 1.54) is 32.1 Å². The maximum absolute atomic E-state index is 11.8. The molecule has 1 aliphatic rings. The molecule has 5 heteroatoms. The summed E-state index contributed by atoms with van der Waals surface area (Å²) in [5.41, 5.74) is 2.04. The van der Waals surface area contributed by atoms with Crippen molar-refractivity contribution in [3.63, 3.8) is 0 Å². The monoisotopic (exact) mass is 369 g/mol.